The molecule has 1 amide bonds. The fourth-order valence-corrected chi connectivity index (χ4v) is 2.97. The highest BCUT2D eigenvalue weighted by Crippen LogP contribution is 2.35. The van der Waals surface area contributed by atoms with Crippen LogP contribution in [0.3, 0.4) is 0 Å². The fraction of sp³-hybridized carbons (Fsp3) is 0.941. The van der Waals surface area contributed by atoms with Crippen molar-refractivity contribution in [2.75, 3.05) is 32.8 Å². The maximum Gasteiger partial charge on any atom is 0.410 e. The van der Waals surface area contributed by atoms with Crippen molar-refractivity contribution in [2.45, 2.75) is 65.4 Å². The molecule has 1 aliphatic rings. The summed E-state index contributed by atoms with van der Waals surface area (Å²) in [4.78, 5) is 13.8. The molecule has 5 heteroatoms. The van der Waals surface area contributed by atoms with Crippen LogP contribution in [0.15, 0.2) is 0 Å². The molecule has 0 aromatic heterocycles. The van der Waals surface area contributed by atoms with Gasteiger partial charge in [-0.1, -0.05) is 19.3 Å². The molecule has 0 heterocycles. The van der Waals surface area contributed by atoms with E-state index in [9.17, 15) is 9.90 Å². The maximum absolute atomic E-state index is 12.0. The van der Waals surface area contributed by atoms with E-state index in [1.807, 2.05) is 27.7 Å². The van der Waals surface area contributed by atoms with E-state index in [1.54, 1.807) is 4.90 Å². The summed E-state index contributed by atoms with van der Waals surface area (Å²) in [7, 11) is 0. The van der Waals surface area contributed by atoms with Crippen LogP contribution in [0, 0.1) is 5.41 Å². The van der Waals surface area contributed by atoms with Crippen molar-refractivity contribution in [3.8, 4) is 0 Å². The second-order valence-corrected chi connectivity index (χ2v) is 7.46. The van der Waals surface area contributed by atoms with Crippen molar-refractivity contribution >= 4 is 6.09 Å². The van der Waals surface area contributed by atoms with Gasteiger partial charge in [-0.05, 0) is 40.5 Å². The van der Waals surface area contributed by atoms with E-state index in [1.165, 1.54) is 19.3 Å². The van der Waals surface area contributed by atoms with Gasteiger partial charge in [-0.15, -0.1) is 0 Å². The summed E-state index contributed by atoms with van der Waals surface area (Å²) in [6.07, 6.45) is 5.64. The molecule has 5 nitrogen and oxygen atoms in total. The molecule has 2 N–H and O–H groups in total. The van der Waals surface area contributed by atoms with E-state index in [-0.39, 0.29) is 18.1 Å². The van der Waals surface area contributed by atoms with Gasteiger partial charge in [0.2, 0.25) is 0 Å². The number of rotatable bonds is 7. The molecule has 0 radical (unpaired) electrons. The first-order valence-corrected chi connectivity index (χ1v) is 8.61. The highest BCUT2D eigenvalue weighted by Gasteiger charge is 2.30. The van der Waals surface area contributed by atoms with E-state index < -0.39 is 5.60 Å². The molecule has 22 heavy (non-hydrogen) atoms. The lowest BCUT2D eigenvalue weighted by atomic mass is 9.74. The number of carbonyl (C=O) groups is 1. The van der Waals surface area contributed by atoms with Crippen LogP contribution in [0.5, 0.6) is 0 Å². The molecule has 1 fully saturated rings. The largest absolute Gasteiger partial charge is 0.444 e. The smallest absolute Gasteiger partial charge is 0.410 e. The summed E-state index contributed by atoms with van der Waals surface area (Å²) < 4.78 is 5.40. The van der Waals surface area contributed by atoms with Crippen molar-refractivity contribution in [2.24, 2.45) is 5.41 Å². The monoisotopic (exact) mass is 314 g/mol. The van der Waals surface area contributed by atoms with E-state index in [2.05, 4.69) is 5.32 Å². The van der Waals surface area contributed by atoms with E-state index in [4.69, 9.17) is 4.74 Å². The number of aliphatic hydroxyl groups is 1. The molecular formula is C17H34N2O3. The Morgan fingerprint density at radius 1 is 1.27 bits per heavy atom. The van der Waals surface area contributed by atoms with Gasteiger partial charge in [0.1, 0.15) is 5.60 Å². The van der Waals surface area contributed by atoms with Gasteiger partial charge < -0.3 is 20.1 Å². The van der Waals surface area contributed by atoms with Gasteiger partial charge >= 0.3 is 6.09 Å². The summed E-state index contributed by atoms with van der Waals surface area (Å²) in [6.45, 7) is 10.7. The molecule has 0 aliphatic heterocycles. The van der Waals surface area contributed by atoms with E-state index in [0.717, 1.165) is 25.9 Å². The van der Waals surface area contributed by atoms with Gasteiger partial charge in [0.15, 0.2) is 0 Å². The number of aliphatic hydroxyl groups excluding tert-OH is 1. The number of ether oxygens (including phenoxy) is 1. The Labute approximate surface area is 135 Å². The first-order valence-electron chi connectivity index (χ1n) is 8.61. The topological polar surface area (TPSA) is 61.8 Å². The zero-order valence-corrected chi connectivity index (χ0v) is 14.8. The molecule has 1 saturated carbocycles. The first-order chi connectivity index (χ1) is 10.3. The van der Waals surface area contributed by atoms with Crippen LogP contribution >= 0.6 is 0 Å². The summed E-state index contributed by atoms with van der Waals surface area (Å²) in [6, 6.07) is 0. The van der Waals surface area contributed by atoms with Gasteiger partial charge in [-0.3, -0.25) is 0 Å². The SMILES string of the molecule is CCN(CCNCC1(CO)CCCCC1)C(=O)OC(C)(C)C. The third-order valence-corrected chi connectivity index (χ3v) is 4.34. The first kappa shape index (κ1) is 19.2. The Bertz CT molecular complexity index is 333. The predicted octanol–water partition coefficient (Wildman–Crippen LogP) is 2.78. The summed E-state index contributed by atoms with van der Waals surface area (Å²) in [5.74, 6) is 0. The Hall–Kier alpha value is -0.810. The molecule has 0 aromatic rings. The van der Waals surface area contributed by atoms with Crippen molar-refractivity contribution in [3.63, 3.8) is 0 Å². The summed E-state index contributed by atoms with van der Waals surface area (Å²) in [5.41, 5.74) is -0.414. The minimum absolute atomic E-state index is 0.0429. The van der Waals surface area contributed by atoms with Crippen molar-refractivity contribution < 1.29 is 14.6 Å². The standard InChI is InChI=1S/C17H34N2O3/c1-5-19(15(21)22-16(2,3)4)12-11-18-13-17(14-20)9-7-6-8-10-17/h18,20H,5-14H2,1-4H3. The minimum atomic E-state index is -0.457. The average Bonchev–Trinajstić information content (AvgIpc) is 2.46. The molecule has 0 atom stereocenters. The van der Waals surface area contributed by atoms with Crippen molar-refractivity contribution in [1.29, 1.82) is 0 Å². The van der Waals surface area contributed by atoms with Crippen molar-refractivity contribution in [1.82, 2.24) is 10.2 Å². The lowest BCUT2D eigenvalue weighted by molar-refractivity contribution is 0.0257. The van der Waals surface area contributed by atoms with Gasteiger partial charge in [0, 0.05) is 38.2 Å². The highest BCUT2D eigenvalue weighted by atomic mass is 16.6. The fourth-order valence-electron chi connectivity index (χ4n) is 2.97. The van der Waals surface area contributed by atoms with Gasteiger partial charge in [0.25, 0.3) is 0 Å². The molecule has 0 bridgehead atoms. The second kappa shape index (κ2) is 8.73. The lowest BCUT2D eigenvalue weighted by Crippen LogP contribution is -2.44. The quantitative estimate of drug-likeness (QED) is 0.709. The lowest BCUT2D eigenvalue weighted by Gasteiger charge is -2.36. The van der Waals surface area contributed by atoms with Crippen LogP contribution in [0.1, 0.15) is 59.8 Å². The zero-order valence-electron chi connectivity index (χ0n) is 14.8. The minimum Gasteiger partial charge on any atom is -0.444 e. The number of amides is 1. The Balaban J connectivity index is 2.33. The zero-order chi connectivity index (χ0) is 16.6. The third-order valence-electron chi connectivity index (χ3n) is 4.34. The molecule has 0 unspecified atom stereocenters. The van der Waals surface area contributed by atoms with Crippen LogP contribution in [0.4, 0.5) is 4.79 Å². The number of hydrogen-bond donors (Lipinski definition) is 2. The molecule has 1 rings (SSSR count). The van der Waals surface area contributed by atoms with Gasteiger partial charge in [-0.25, -0.2) is 4.79 Å². The van der Waals surface area contributed by atoms with E-state index >= 15 is 0 Å². The number of likely N-dealkylation sites (N-methyl/N-ethyl adjacent to an activating group) is 1. The second-order valence-electron chi connectivity index (χ2n) is 7.46. The molecular weight excluding hydrogens is 280 g/mol. The van der Waals surface area contributed by atoms with E-state index in [0.29, 0.717) is 13.1 Å². The molecule has 130 valence electrons. The molecule has 0 saturated heterocycles. The van der Waals surface area contributed by atoms with Crippen LogP contribution in [-0.4, -0.2) is 54.5 Å². The Kier molecular flexibility index (Phi) is 7.63. The summed E-state index contributed by atoms with van der Waals surface area (Å²) in [5, 5.41) is 13.1. The number of hydrogen-bond acceptors (Lipinski definition) is 4. The number of nitrogens with one attached hydrogen (secondary N) is 1. The maximum atomic E-state index is 12.0. The normalized spacial score (nSPS) is 18.0. The van der Waals surface area contributed by atoms with Crippen LogP contribution in [-0.2, 0) is 4.74 Å². The molecule has 0 aromatic carbocycles. The van der Waals surface area contributed by atoms with Crippen LogP contribution in [0.2, 0.25) is 0 Å². The molecule has 1 aliphatic carbocycles. The number of carbonyl (C=O) groups excluding carboxylic acids is 1. The number of nitrogens with zero attached hydrogens (tertiary/aromatic N) is 1. The van der Waals surface area contributed by atoms with Crippen LogP contribution in [0.25, 0.3) is 0 Å². The average molecular weight is 314 g/mol. The van der Waals surface area contributed by atoms with Crippen molar-refractivity contribution in [3.05, 3.63) is 0 Å². The van der Waals surface area contributed by atoms with Gasteiger partial charge in [-0.2, -0.15) is 0 Å². The van der Waals surface area contributed by atoms with Crippen LogP contribution < -0.4 is 5.32 Å². The Morgan fingerprint density at radius 3 is 2.41 bits per heavy atom. The predicted molar refractivity (Wildman–Crippen MR) is 89.0 cm³/mol. The van der Waals surface area contributed by atoms with Gasteiger partial charge in [0.05, 0.1) is 0 Å². The third kappa shape index (κ3) is 6.53. The highest BCUT2D eigenvalue weighted by molar-refractivity contribution is 5.68. The summed E-state index contributed by atoms with van der Waals surface area (Å²) >= 11 is 0. The molecule has 0 spiro atoms. The Morgan fingerprint density at radius 2 is 1.91 bits per heavy atom.